The molecule has 1 spiro atoms. The standard InChI is InChI=1S/C24H26N2O/c1-18-6-2-3-7-20(18)11-15-26-14-5-4-12-24(26)13-10-21-9-8-19(17-25)16-22(21)23(24)27/h2-3,6-9,16H,4-5,10-15H2,1H3. The number of nitrogens with zero attached hydrogens (tertiary/aromatic N) is 2. The van der Waals surface area contributed by atoms with Crippen molar-refractivity contribution >= 4 is 5.78 Å². The van der Waals surface area contributed by atoms with E-state index in [9.17, 15) is 10.1 Å². The number of likely N-dealkylation sites (tertiary alicyclic amines) is 1. The first-order chi connectivity index (χ1) is 13.1. The molecule has 27 heavy (non-hydrogen) atoms. The van der Waals surface area contributed by atoms with Crippen molar-refractivity contribution in [3.8, 4) is 6.07 Å². The Morgan fingerprint density at radius 3 is 2.81 bits per heavy atom. The Bertz CT molecular complexity index is 911. The Balaban J connectivity index is 1.62. The second kappa shape index (κ2) is 7.29. The van der Waals surface area contributed by atoms with Crippen molar-refractivity contribution in [2.24, 2.45) is 0 Å². The number of aryl methyl sites for hydroxylation is 2. The van der Waals surface area contributed by atoms with Gasteiger partial charge in [-0.05, 0) is 80.8 Å². The summed E-state index contributed by atoms with van der Waals surface area (Å²) < 4.78 is 0. The summed E-state index contributed by atoms with van der Waals surface area (Å²) in [4.78, 5) is 16.1. The number of hydrogen-bond acceptors (Lipinski definition) is 3. The number of piperidine rings is 1. The number of nitriles is 1. The molecular formula is C24H26N2O. The highest BCUT2D eigenvalue weighted by atomic mass is 16.1. The van der Waals surface area contributed by atoms with E-state index in [0.29, 0.717) is 5.56 Å². The van der Waals surface area contributed by atoms with Gasteiger partial charge in [-0.1, -0.05) is 30.3 Å². The third-order valence-corrected chi connectivity index (χ3v) is 6.50. The first-order valence-electron chi connectivity index (χ1n) is 10.0. The monoisotopic (exact) mass is 358 g/mol. The normalized spacial score (nSPS) is 22.4. The molecule has 0 bridgehead atoms. The van der Waals surface area contributed by atoms with Crippen molar-refractivity contribution in [2.45, 2.75) is 51.0 Å². The lowest BCUT2D eigenvalue weighted by Crippen LogP contribution is -2.59. The fraction of sp³-hybridized carbons (Fsp3) is 0.417. The molecule has 2 aliphatic rings. The second-order valence-electron chi connectivity index (χ2n) is 7.97. The van der Waals surface area contributed by atoms with Gasteiger partial charge >= 0.3 is 0 Å². The predicted molar refractivity (Wildman–Crippen MR) is 107 cm³/mol. The molecule has 0 saturated carbocycles. The summed E-state index contributed by atoms with van der Waals surface area (Å²) in [7, 11) is 0. The molecule has 1 saturated heterocycles. The van der Waals surface area contributed by atoms with Gasteiger partial charge in [-0.15, -0.1) is 0 Å². The summed E-state index contributed by atoms with van der Waals surface area (Å²) in [5.74, 6) is 0.241. The summed E-state index contributed by atoms with van der Waals surface area (Å²) >= 11 is 0. The predicted octanol–water partition coefficient (Wildman–Crippen LogP) is 4.46. The maximum absolute atomic E-state index is 13.6. The average Bonchev–Trinajstić information content (AvgIpc) is 2.71. The molecule has 1 atom stereocenters. The van der Waals surface area contributed by atoms with Crippen molar-refractivity contribution in [1.29, 1.82) is 5.26 Å². The smallest absolute Gasteiger partial charge is 0.183 e. The zero-order valence-electron chi connectivity index (χ0n) is 16.0. The Morgan fingerprint density at radius 1 is 1.15 bits per heavy atom. The number of fused-ring (bicyclic) bond motifs is 1. The van der Waals surface area contributed by atoms with Gasteiger partial charge in [0.2, 0.25) is 0 Å². The lowest BCUT2D eigenvalue weighted by molar-refractivity contribution is 0.0298. The number of rotatable bonds is 3. The number of ketones is 1. The maximum atomic E-state index is 13.6. The van der Waals surface area contributed by atoms with Gasteiger partial charge < -0.3 is 0 Å². The minimum absolute atomic E-state index is 0.241. The van der Waals surface area contributed by atoms with E-state index in [1.807, 2.05) is 18.2 Å². The van der Waals surface area contributed by atoms with Crippen molar-refractivity contribution < 1.29 is 4.79 Å². The largest absolute Gasteiger partial charge is 0.292 e. The number of benzene rings is 2. The number of carbonyl (C=O) groups excluding carboxylic acids is 1. The third-order valence-electron chi connectivity index (χ3n) is 6.50. The highest BCUT2D eigenvalue weighted by Gasteiger charge is 2.47. The van der Waals surface area contributed by atoms with Crippen LogP contribution in [0.5, 0.6) is 0 Å². The molecule has 1 heterocycles. The van der Waals surface area contributed by atoms with Crippen LogP contribution in [0, 0.1) is 18.3 Å². The third kappa shape index (κ3) is 3.19. The van der Waals surface area contributed by atoms with Crippen molar-refractivity contribution in [3.63, 3.8) is 0 Å². The quantitative estimate of drug-likeness (QED) is 0.813. The van der Waals surface area contributed by atoms with E-state index in [0.717, 1.165) is 62.7 Å². The number of carbonyl (C=O) groups is 1. The number of Topliss-reactive ketones (excluding diaryl/α,β-unsaturated/α-hetero) is 1. The Hall–Kier alpha value is -2.44. The maximum Gasteiger partial charge on any atom is 0.183 e. The SMILES string of the molecule is Cc1ccccc1CCN1CCCCC12CCc1ccc(C#N)cc1C2=O. The van der Waals surface area contributed by atoms with E-state index in [-0.39, 0.29) is 11.3 Å². The van der Waals surface area contributed by atoms with Gasteiger partial charge in [-0.2, -0.15) is 5.26 Å². The van der Waals surface area contributed by atoms with E-state index >= 15 is 0 Å². The van der Waals surface area contributed by atoms with Crippen LogP contribution in [0.3, 0.4) is 0 Å². The Labute approximate surface area is 161 Å². The zero-order valence-corrected chi connectivity index (χ0v) is 16.0. The minimum atomic E-state index is -0.373. The Morgan fingerprint density at radius 2 is 2.00 bits per heavy atom. The van der Waals surface area contributed by atoms with Crippen LogP contribution in [0.4, 0.5) is 0 Å². The van der Waals surface area contributed by atoms with Gasteiger partial charge in [-0.25, -0.2) is 0 Å². The molecular weight excluding hydrogens is 332 g/mol. The lowest BCUT2D eigenvalue weighted by Gasteiger charge is -2.48. The molecule has 1 fully saturated rings. The topological polar surface area (TPSA) is 44.1 Å². The average molecular weight is 358 g/mol. The lowest BCUT2D eigenvalue weighted by atomic mass is 9.71. The van der Waals surface area contributed by atoms with E-state index < -0.39 is 0 Å². The molecule has 3 nitrogen and oxygen atoms in total. The van der Waals surface area contributed by atoms with Gasteiger partial charge in [0.1, 0.15) is 0 Å². The fourth-order valence-corrected chi connectivity index (χ4v) is 4.89. The zero-order chi connectivity index (χ0) is 18.9. The van der Waals surface area contributed by atoms with Crippen molar-refractivity contribution in [1.82, 2.24) is 4.90 Å². The summed E-state index contributed by atoms with van der Waals surface area (Å²) in [6.07, 6.45) is 6.02. The highest BCUT2D eigenvalue weighted by molar-refractivity contribution is 6.05. The van der Waals surface area contributed by atoms with Gasteiger partial charge in [0.25, 0.3) is 0 Å². The molecule has 3 heteroatoms. The summed E-state index contributed by atoms with van der Waals surface area (Å²) in [5.41, 5.74) is 4.79. The van der Waals surface area contributed by atoms with Crippen LogP contribution in [0.15, 0.2) is 42.5 Å². The van der Waals surface area contributed by atoms with Gasteiger partial charge in [0.15, 0.2) is 5.78 Å². The summed E-state index contributed by atoms with van der Waals surface area (Å²) in [6.45, 7) is 4.07. The van der Waals surface area contributed by atoms with E-state index in [1.165, 1.54) is 11.1 Å². The second-order valence-corrected chi connectivity index (χ2v) is 7.97. The molecule has 2 aromatic carbocycles. The molecule has 0 N–H and O–H groups in total. The van der Waals surface area contributed by atoms with E-state index in [1.54, 1.807) is 0 Å². The molecule has 1 aliphatic carbocycles. The molecule has 2 aromatic rings. The first kappa shape index (κ1) is 17.9. The van der Waals surface area contributed by atoms with E-state index in [2.05, 4.69) is 42.2 Å². The van der Waals surface area contributed by atoms with Gasteiger partial charge in [0, 0.05) is 12.1 Å². The first-order valence-corrected chi connectivity index (χ1v) is 10.0. The van der Waals surface area contributed by atoms with Crippen LogP contribution in [0.1, 0.15) is 58.3 Å². The molecule has 1 aliphatic heterocycles. The molecule has 4 rings (SSSR count). The van der Waals surface area contributed by atoms with Crippen LogP contribution in [0.25, 0.3) is 0 Å². The van der Waals surface area contributed by atoms with Gasteiger partial charge in [-0.3, -0.25) is 9.69 Å². The van der Waals surface area contributed by atoms with Crippen LogP contribution in [0.2, 0.25) is 0 Å². The molecule has 0 aromatic heterocycles. The van der Waals surface area contributed by atoms with E-state index in [4.69, 9.17) is 0 Å². The fourth-order valence-electron chi connectivity index (χ4n) is 4.89. The molecule has 1 unspecified atom stereocenters. The number of hydrogen-bond donors (Lipinski definition) is 0. The highest BCUT2D eigenvalue weighted by Crippen LogP contribution is 2.40. The van der Waals surface area contributed by atoms with Gasteiger partial charge in [0.05, 0.1) is 17.2 Å². The molecule has 0 amide bonds. The van der Waals surface area contributed by atoms with Crippen LogP contribution in [-0.2, 0) is 12.8 Å². The minimum Gasteiger partial charge on any atom is -0.292 e. The summed E-state index contributed by atoms with van der Waals surface area (Å²) in [5, 5.41) is 9.24. The van der Waals surface area contributed by atoms with Crippen LogP contribution in [-0.4, -0.2) is 29.3 Å². The molecule has 138 valence electrons. The van der Waals surface area contributed by atoms with Crippen LogP contribution < -0.4 is 0 Å². The summed E-state index contributed by atoms with van der Waals surface area (Å²) in [6, 6.07) is 16.3. The van der Waals surface area contributed by atoms with Crippen molar-refractivity contribution in [2.75, 3.05) is 13.1 Å². The Kier molecular flexibility index (Phi) is 4.85. The van der Waals surface area contributed by atoms with Crippen molar-refractivity contribution in [3.05, 3.63) is 70.3 Å². The molecule has 0 radical (unpaired) electrons. The van der Waals surface area contributed by atoms with Crippen LogP contribution >= 0.6 is 0 Å².